The fourth-order valence-corrected chi connectivity index (χ4v) is 2.07. The molecule has 0 saturated carbocycles. The molecule has 1 radical (unpaired) electrons. The molecule has 0 fully saturated rings. The molecule has 5 heteroatoms. The van der Waals surface area contributed by atoms with E-state index in [1.54, 1.807) is 6.07 Å². The molecule has 4 nitrogen and oxygen atoms in total. The van der Waals surface area contributed by atoms with E-state index >= 15 is 0 Å². The van der Waals surface area contributed by atoms with Gasteiger partial charge in [0.15, 0.2) is 0 Å². The molecule has 0 bridgehead atoms. The van der Waals surface area contributed by atoms with E-state index in [-0.39, 0.29) is 11.1 Å². The minimum atomic E-state index is -1.21. The average Bonchev–Trinajstić information content (AvgIpc) is 2.16. The Kier molecular flexibility index (Phi) is 3.26. The summed E-state index contributed by atoms with van der Waals surface area (Å²) in [5.41, 5.74) is -0.291. The van der Waals surface area contributed by atoms with Gasteiger partial charge in [0.2, 0.25) is 0 Å². The minimum absolute atomic E-state index is 0.133. The highest BCUT2D eigenvalue weighted by Gasteiger charge is 2.17. The van der Waals surface area contributed by atoms with Gasteiger partial charge in [-0.05, 0) is 12.1 Å². The van der Waals surface area contributed by atoms with Crippen LogP contribution in [0.3, 0.4) is 0 Å². The lowest BCUT2D eigenvalue weighted by molar-refractivity contribution is 0.0651. The standard InChI is InChI=1S/C10H11O4Si/c1-15(2)6-3-4-7(9(11)12)8(5-6)10(13)14/h3-5H,1-2H3,(H,11,12)(H,13,14). The summed E-state index contributed by atoms with van der Waals surface area (Å²) >= 11 is 0. The Morgan fingerprint density at radius 1 is 1.07 bits per heavy atom. The first-order valence-corrected chi connectivity index (χ1v) is 6.84. The maximum atomic E-state index is 10.8. The molecule has 0 atom stereocenters. The van der Waals surface area contributed by atoms with E-state index in [4.69, 9.17) is 10.2 Å². The maximum Gasteiger partial charge on any atom is 0.336 e. The van der Waals surface area contributed by atoms with Crippen LogP contribution in [0.5, 0.6) is 0 Å². The molecule has 0 heterocycles. The molecule has 0 unspecified atom stereocenters. The van der Waals surface area contributed by atoms with Crippen LogP contribution in [-0.2, 0) is 0 Å². The topological polar surface area (TPSA) is 74.6 Å². The molecule has 0 amide bonds. The summed E-state index contributed by atoms with van der Waals surface area (Å²) in [6, 6.07) is 4.50. The number of carboxylic acids is 2. The lowest BCUT2D eigenvalue weighted by Gasteiger charge is -2.07. The fourth-order valence-electron chi connectivity index (χ4n) is 1.22. The zero-order valence-electron chi connectivity index (χ0n) is 8.44. The molecule has 0 aliphatic carbocycles. The number of hydrogen-bond donors (Lipinski definition) is 2. The van der Waals surface area contributed by atoms with Gasteiger partial charge in [-0.2, -0.15) is 0 Å². The van der Waals surface area contributed by atoms with Crippen LogP contribution in [0.25, 0.3) is 0 Å². The van der Waals surface area contributed by atoms with Crippen LogP contribution in [0, 0.1) is 0 Å². The van der Waals surface area contributed by atoms with E-state index in [1.807, 2.05) is 13.1 Å². The number of aromatic carboxylic acids is 2. The van der Waals surface area contributed by atoms with Gasteiger partial charge in [-0.25, -0.2) is 9.59 Å². The zero-order valence-corrected chi connectivity index (χ0v) is 9.44. The fraction of sp³-hybridized carbons (Fsp3) is 0.200. The Morgan fingerprint density at radius 3 is 2.00 bits per heavy atom. The van der Waals surface area contributed by atoms with E-state index in [0.717, 1.165) is 5.19 Å². The Hall–Kier alpha value is -1.62. The van der Waals surface area contributed by atoms with Crippen molar-refractivity contribution < 1.29 is 19.8 Å². The molecule has 2 N–H and O–H groups in total. The Balaban J connectivity index is 3.33. The highest BCUT2D eigenvalue weighted by molar-refractivity contribution is 6.70. The van der Waals surface area contributed by atoms with Crippen molar-refractivity contribution in [2.45, 2.75) is 13.1 Å². The van der Waals surface area contributed by atoms with Crippen molar-refractivity contribution >= 4 is 25.9 Å². The van der Waals surface area contributed by atoms with Crippen molar-refractivity contribution in [3.8, 4) is 0 Å². The summed E-state index contributed by atoms with van der Waals surface area (Å²) in [4.78, 5) is 21.6. The predicted molar refractivity (Wildman–Crippen MR) is 57.5 cm³/mol. The first-order chi connectivity index (χ1) is 6.93. The third kappa shape index (κ3) is 2.44. The number of carbonyl (C=O) groups is 2. The Bertz CT molecular complexity index is 412. The summed E-state index contributed by atoms with van der Waals surface area (Å²) in [6.07, 6.45) is 0. The summed E-state index contributed by atoms with van der Waals surface area (Å²) in [5, 5.41) is 18.6. The Labute approximate surface area is 88.8 Å². The lowest BCUT2D eigenvalue weighted by Crippen LogP contribution is -2.25. The highest BCUT2D eigenvalue weighted by Crippen LogP contribution is 2.08. The molecule has 0 aliphatic heterocycles. The number of benzene rings is 1. The monoisotopic (exact) mass is 223 g/mol. The van der Waals surface area contributed by atoms with E-state index in [1.165, 1.54) is 12.1 Å². The summed E-state index contributed by atoms with van der Waals surface area (Å²) < 4.78 is 0. The van der Waals surface area contributed by atoms with Crippen molar-refractivity contribution in [3.05, 3.63) is 29.3 Å². The minimum Gasteiger partial charge on any atom is -0.478 e. The van der Waals surface area contributed by atoms with Crippen LogP contribution >= 0.6 is 0 Å². The largest absolute Gasteiger partial charge is 0.478 e. The van der Waals surface area contributed by atoms with Crippen molar-refractivity contribution in [2.75, 3.05) is 0 Å². The third-order valence-corrected chi connectivity index (χ3v) is 3.52. The third-order valence-electron chi connectivity index (χ3n) is 2.06. The van der Waals surface area contributed by atoms with Crippen molar-refractivity contribution in [1.29, 1.82) is 0 Å². The van der Waals surface area contributed by atoms with Gasteiger partial charge in [0.25, 0.3) is 0 Å². The second-order valence-corrected chi connectivity index (χ2v) is 5.95. The van der Waals surface area contributed by atoms with Crippen LogP contribution in [-0.4, -0.2) is 30.9 Å². The molecule has 1 rings (SSSR count). The lowest BCUT2D eigenvalue weighted by atomic mass is 10.1. The van der Waals surface area contributed by atoms with Crippen LogP contribution in [0.15, 0.2) is 18.2 Å². The van der Waals surface area contributed by atoms with E-state index in [2.05, 4.69) is 0 Å². The molecule has 0 aromatic heterocycles. The SMILES string of the molecule is C[Si](C)c1ccc(C(=O)O)c(C(=O)O)c1. The number of rotatable bonds is 3. The van der Waals surface area contributed by atoms with Crippen LogP contribution in [0.1, 0.15) is 20.7 Å². The second kappa shape index (κ2) is 4.27. The van der Waals surface area contributed by atoms with Crippen molar-refractivity contribution in [2.24, 2.45) is 0 Å². The number of hydrogen-bond acceptors (Lipinski definition) is 2. The zero-order chi connectivity index (χ0) is 11.6. The molecular weight excluding hydrogens is 212 g/mol. The van der Waals surface area contributed by atoms with Crippen LogP contribution in [0.2, 0.25) is 13.1 Å². The Morgan fingerprint density at radius 2 is 1.60 bits per heavy atom. The normalized spacial score (nSPS) is 10.3. The molecule has 0 aliphatic rings. The smallest absolute Gasteiger partial charge is 0.336 e. The summed E-state index contributed by atoms with van der Waals surface area (Å²) in [5.74, 6) is -2.41. The van der Waals surface area contributed by atoms with E-state index in [9.17, 15) is 9.59 Å². The molecule has 79 valence electrons. The van der Waals surface area contributed by atoms with Gasteiger partial charge in [0.1, 0.15) is 0 Å². The quantitative estimate of drug-likeness (QED) is 0.751. The molecule has 0 saturated heterocycles. The van der Waals surface area contributed by atoms with Gasteiger partial charge in [-0.1, -0.05) is 24.3 Å². The van der Waals surface area contributed by atoms with Gasteiger partial charge in [0.05, 0.1) is 19.9 Å². The van der Waals surface area contributed by atoms with Crippen molar-refractivity contribution in [3.63, 3.8) is 0 Å². The predicted octanol–water partition coefficient (Wildman–Crippen LogP) is 1.04. The van der Waals surface area contributed by atoms with Gasteiger partial charge in [0, 0.05) is 0 Å². The van der Waals surface area contributed by atoms with Crippen molar-refractivity contribution in [1.82, 2.24) is 0 Å². The average molecular weight is 223 g/mol. The first-order valence-electron chi connectivity index (χ1n) is 4.34. The molecular formula is C10H11O4Si. The first kappa shape index (κ1) is 11.5. The van der Waals surface area contributed by atoms with Gasteiger partial charge < -0.3 is 10.2 Å². The van der Waals surface area contributed by atoms with Crippen LogP contribution < -0.4 is 5.19 Å². The van der Waals surface area contributed by atoms with E-state index in [0.29, 0.717) is 0 Å². The molecule has 15 heavy (non-hydrogen) atoms. The highest BCUT2D eigenvalue weighted by atomic mass is 28.3. The van der Waals surface area contributed by atoms with E-state index < -0.39 is 20.7 Å². The molecule has 1 aromatic carbocycles. The van der Waals surface area contributed by atoms with Gasteiger partial charge in [-0.15, -0.1) is 0 Å². The van der Waals surface area contributed by atoms with Gasteiger partial charge in [-0.3, -0.25) is 0 Å². The summed E-state index contributed by atoms with van der Waals surface area (Å²) in [6.45, 7) is 4.04. The molecule has 1 aromatic rings. The van der Waals surface area contributed by atoms with Crippen LogP contribution in [0.4, 0.5) is 0 Å². The molecule has 0 spiro atoms. The number of carboxylic acid groups (broad SMARTS) is 2. The maximum absolute atomic E-state index is 10.8. The second-order valence-electron chi connectivity index (χ2n) is 3.37. The summed E-state index contributed by atoms with van der Waals surface area (Å²) in [7, 11) is -0.765. The van der Waals surface area contributed by atoms with Gasteiger partial charge >= 0.3 is 11.9 Å².